The van der Waals surface area contributed by atoms with Crippen LogP contribution in [0.4, 0.5) is 0 Å². The van der Waals surface area contributed by atoms with Crippen molar-refractivity contribution < 1.29 is 4.79 Å². The zero-order valence-electron chi connectivity index (χ0n) is 14.0. The van der Waals surface area contributed by atoms with Crippen LogP contribution in [0.25, 0.3) is 10.6 Å². The highest BCUT2D eigenvalue weighted by Gasteiger charge is 2.26. The molecule has 2 heterocycles. The maximum Gasteiger partial charge on any atom is 0.251 e. The van der Waals surface area contributed by atoms with Crippen LogP contribution in [0.15, 0.2) is 11.6 Å². The summed E-state index contributed by atoms with van der Waals surface area (Å²) < 4.78 is 2.34. The van der Waals surface area contributed by atoms with Gasteiger partial charge in [-0.15, -0.1) is 11.3 Å². The van der Waals surface area contributed by atoms with Crippen LogP contribution in [0.5, 0.6) is 0 Å². The lowest BCUT2D eigenvalue weighted by Crippen LogP contribution is -2.17. The van der Waals surface area contributed by atoms with Crippen molar-refractivity contribution in [1.82, 2.24) is 9.55 Å². The van der Waals surface area contributed by atoms with Crippen LogP contribution < -0.4 is 5.73 Å². The summed E-state index contributed by atoms with van der Waals surface area (Å²) >= 11 is 1.57. The lowest BCUT2D eigenvalue weighted by molar-refractivity contribution is 0.1000. The second-order valence-corrected chi connectivity index (χ2v) is 7.35. The number of aromatic nitrogens is 2. The zero-order valence-corrected chi connectivity index (χ0v) is 14.8. The van der Waals surface area contributed by atoms with Gasteiger partial charge in [0.2, 0.25) is 0 Å². The molecule has 0 aliphatic heterocycles. The lowest BCUT2D eigenvalue weighted by atomic mass is 9.89. The maximum atomic E-state index is 12.1. The number of primary amides is 1. The van der Waals surface area contributed by atoms with Crippen LogP contribution in [0.1, 0.15) is 60.8 Å². The van der Waals surface area contributed by atoms with Crippen LogP contribution >= 0.6 is 11.3 Å². The Labute approximate surface area is 141 Å². The van der Waals surface area contributed by atoms with E-state index in [0.29, 0.717) is 11.5 Å². The molecule has 1 saturated carbocycles. The molecule has 23 heavy (non-hydrogen) atoms. The van der Waals surface area contributed by atoms with Gasteiger partial charge in [0.25, 0.3) is 5.91 Å². The largest absolute Gasteiger partial charge is 0.366 e. The summed E-state index contributed by atoms with van der Waals surface area (Å²) in [5, 5.41) is 2.86. The zero-order chi connectivity index (χ0) is 16.4. The second kappa shape index (κ2) is 6.87. The molecule has 0 bridgehead atoms. The molecule has 0 spiro atoms. The van der Waals surface area contributed by atoms with E-state index in [0.717, 1.165) is 29.2 Å². The van der Waals surface area contributed by atoms with Crippen LogP contribution in [0, 0.1) is 12.8 Å². The SMILES string of the molecule is CCc1c(-c2nccs2)c(C(N)=O)c(C)n1CC1CCCCC1. The third-order valence-electron chi connectivity index (χ3n) is 5.02. The van der Waals surface area contributed by atoms with Crippen molar-refractivity contribution in [2.24, 2.45) is 11.7 Å². The topological polar surface area (TPSA) is 60.9 Å². The Balaban J connectivity index is 2.08. The summed E-state index contributed by atoms with van der Waals surface area (Å²) in [6, 6.07) is 0. The Morgan fingerprint density at radius 1 is 1.39 bits per heavy atom. The normalized spacial score (nSPS) is 15.9. The average molecular weight is 331 g/mol. The molecule has 1 aliphatic carbocycles. The Morgan fingerprint density at radius 3 is 2.70 bits per heavy atom. The van der Waals surface area contributed by atoms with E-state index in [1.54, 1.807) is 17.5 Å². The number of nitrogens with zero attached hydrogens (tertiary/aromatic N) is 2. The first-order valence-electron chi connectivity index (χ1n) is 8.55. The van der Waals surface area contributed by atoms with Gasteiger partial charge < -0.3 is 10.3 Å². The molecular formula is C18H25N3OS. The monoisotopic (exact) mass is 331 g/mol. The van der Waals surface area contributed by atoms with E-state index in [2.05, 4.69) is 16.5 Å². The van der Waals surface area contributed by atoms with Gasteiger partial charge in [0.15, 0.2) is 0 Å². The number of thiazole rings is 1. The molecule has 2 N–H and O–H groups in total. The third-order valence-corrected chi connectivity index (χ3v) is 5.81. The second-order valence-electron chi connectivity index (χ2n) is 6.45. The van der Waals surface area contributed by atoms with E-state index in [9.17, 15) is 4.79 Å². The molecule has 0 aromatic carbocycles. The Hall–Kier alpha value is -1.62. The highest BCUT2D eigenvalue weighted by atomic mass is 32.1. The molecule has 2 aromatic rings. The van der Waals surface area contributed by atoms with Gasteiger partial charge in [-0.2, -0.15) is 0 Å². The van der Waals surface area contributed by atoms with Gasteiger partial charge in [-0.25, -0.2) is 4.98 Å². The third kappa shape index (κ3) is 3.07. The van der Waals surface area contributed by atoms with E-state index >= 15 is 0 Å². The van der Waals surface area contributed by atoms with Crippen molar-refractivity contribution in [1.29, 1.82) is 0 Å². The summed E-state index contributed by atoms with van der Waals surface area (Å²) in [5.41, 5.74) is 9.55. The molecule has 0 atom stereocenters. The summed E-state index contributed by atoms with van der Waals surface area (Å²) in [4.78, 5) is 16.5. The fourth-order valence-corrected chi connectivity index (χ4v) is 4.63. The molecule has 1 fully saturated rings. The highest BCUT2D eigenvalue weighted by Crippen LogP contribution is 2.36. The Kier molecular flexibility index (Phi) is 4.85. The Bertz CT molecular complexity index is 682. The van der Waals surface area contributed by atoms with E-state index < -0.39 is 0 Å². The molecule has 1 amide bonds. The number of carbonyl (C=O) groups excluding carboxylic acids is 1. The van der Waals surface area contributed by atoms with Gasteiger partial charge in [0.1, 0.15) is 5.01 Å². The van der Waals surface area contributed by atoms with Crippen molar-refractivity contribution >= 4 is 17.2 Å². The maximum absolute atomic E-state index is 12.1. The molecule has 4 nitrogen and oxygen atoms in total. The molecule has 0 radical (unpaired) electrons. The fourth-order valence-electron chi connectivity index (χ4n) is 3.92. The molecular weight excluding hydrogens is 306 g/mol. The number of amides is 1. The smallest absolute Gasteiger partial charge is 0.251 e. The first kappa shape index (κ1) is 16.2. The molecule has 2 aromatic heterocycles. The van der Waals surface area contributed by atoms with E-state index in [4.69, 9.17) is 5.73 Å². The number of hydrogen-bond acceptors (Lipinski definition) is 3. The predicted molar refractivity (Wildman–Crippen MR) is 94.7 cm³/mol. The molecule has 3 rings (SSSR count). The quantitative estimate of drug-likeness (QED) is 0.894. The van der Waals surface area contributed by atoms with E-state index in [1.165, 1.54) is 37.8 Å². The number of carbonyl (C=O) groups is 1. The predicted octanol–water partition coefficient (Wildman–Crippen LogP) is 4.16. The minimum atomic E-state index is -0.343. The number of rotatable bonds is 5. The lowest BCUT2D eigenvalue weighted by Gasteiger charge is -2.24. The van der Waals surface area contributed by atoms with E-state index in [-0.39, 0.29) is 5.91 Å². The van der Waals surface area contributed by atoms with Crippen molar-refractivity contribution in [3.05, 3.63) is 28.5 Å². The molecule has 0 unspecified atom stereocenters. The van der Waals surface area contributed by atoms with Gasteiger partial charge in [0.05, 0.1) is 5.56 Å². The molecule has 1 aliphatic rings. The van der Waals surface area contributed by atoms with E-state index in [1.807, 2.05) is 12.3 Å². The van der Waals surface area contributed by atoms with Crippen LogP contribution in [-0.4, -0.2) is 15.5 Å². The minimum absolute atomic E-state index is 0.343. The minimum Gasteiger partial charge on any atom is -0.366 e. The van der Waals surface area contributed by atoms with Gasteiger partial charge >= 0.3 is 0 Å². The van der Waals surface area contributed by atoms with Crippen molar-refractivity contribution in [2.75, 3.05) is 0 Å². The standard InChI is InChI=1S/C18H25N3OS/c1-3-14-16(18-20-9-10-23-18)15(17(19)22)12(2)21(14)11-13-7-5-4-6-8-13/h9-10,13H,3-8,11H2,1-2H3,(H2,19,22). The summed E-state index contributed by atoms with van der Waals surface area (Å²) in [7, 11) is 0. The van der Waals surface area contributed by atoms with Crippen molar-refractivity contribution in [2.45, 2.75) is 58.9 Å². The molecule has 5 heteroatoms. The first-order valence-corrected chi connectivity index (χ1v) is 9.43. The van der Waals surface area contributed by atoms with Crippen molar-refractivity contribution in [3.63, 3.8) is 0 Å². The van der Waals surface area contributed by atoms with Gasteiger partial charge in [0, 0.05) is 35.1 Å². The number of hydrogen-bond donors (Lipinski definition) is 1. The molecule has 124 valence electrons. The van der Waals surface area contributed by atoms with Crippen LogP contribution in [0.2, 0.25) is 0 Å². The Morgan fingerprint density at radius 2 is 2.13 bits per heavy atom. The van der Waals surface area contributed by atoms with Gasteiger partial charge in [-0.1, -0.05) is 26.2 Å². The first-order chi connectivity index (χ1) is 11.1. The van der Waals surface area contributed by atoms with Crippen molar-refractivity contribution in [3.8, 4) is 10.6 Å². The van der Waals surface area contributed by atoms with Crippen LogP contribution in [-0.2, 0) is 13.0 Å². The number of nitrogens with two attached hydrogens (primary N) is 1. The van der Waals surface area contributed by atoms with Gasteiger partial charge in [-0.05, 0) is 32.1 Å². The van der Waals surface area contributed by atoms with Gasteiger partial charge in [-0.3, -0.25) is 4.79 Å². The summed E-state index contributed by atoms with van der Waals surface area (Å²) in [6.07, 6.45) is 9.27. The highest BCUT2D eigenvalue weighted by molar-refractivity contribution is 7.13. The molecule has 0 saturated heterocycles. The summed E-state index contributed by atoms with van der Waals surface area (Å²) in [5.74, 6) is 0.370. The fraction of sp³-hybridized carbons (Fsp3) is 0.556. The van der Waals surface area contributed by atoms with Crippen LogP contribution in [0.3, 0.4) is 0 Å². The summed E-state index contributed by atoms with van der Waals surface area (Å²) in [6.45, 7) is 5.17. The average Bonchev–Trinajstić information content (AvgIpc) is 3.15.